The molecule has 0 amide bonds. The van der Waals surface area contributed by atoms with E-state index in [1.54, 1.807) is 30.4 Å². The van der Waals surface area contributed by atoms with Gasteiger partial charge in [0.1, 0.15) is 0 Å². The second-order valence-electron chi connectivity index (χ2n) is 3.17. The zero-order valence-corrected chi connectivity index (χ0v) is 9.63. The van der Waals surface area contributed by atoms with Gasteiger partial charge in [0.05, 0.1) is 10.8 Å². The predicted octanol–water partition coefficient (Wildman–Crippen LogP) is 2.97. The number of benzene rings is 1. The summed E-state index contributed by atoms with van der Waals surface area (Å²) in [5.41, 5.74) is 0.869. The topological polar surface area (TPSA) is 60.2 Å². The Bertz CT molecular complexity index is 463. The molecule has 0 radical (unpaired) electrons. The van der Waals surface area contributed by atoms with Crippen molar-refractivity contribution < 1.29 is 9.72 Å². The molecule has 4 nitrogen and oxygen atoms in total. The van der Waals surface area contributed by atoms with Crippen LogP contribution in [0.2, 0.25) is 0 Å². The average molecular weight is 252 g/mol. The molecule has 0 saturated heterocycles. The van der Waals surface area contributed by atoms with Gasteiger partial charge in [0, 0.05) is 12.1 Å². The van der Waals surface area contributed by atoms with Crippen molar-refractivity contribution in [1.82, 2.24) is 0 Å². The van der Waals surface area contributed by atoms with Gasteiger partial charge in [0.2, 0.25) is 0 Å². The highest BCUT2D eigenvalue weighted by atomic mass is 35.5. The van der Waals surface area contributed by atoms with Gasteiger partial charge < -0.3 is 0 Å². The number of non-ortho nitro benzene ring substituents is 1. The third kappa shape index (κ3) is 4.61. The maximum atomic E-state index is 10.8. The maximum absolute atomic E-state index is 10.8. The average Bonchev–Trinajstić information content (AvgIpc) is 2.34. The number of ketones is 1. The van der Waals surface area contributed by atoms with Crippen LogP contribution in [0.25, 0.3) is 6.08 Å². The summed E-state index contributed by atoms with van der Waals surface area (Å²) in [6.45, 7) is 0. The number of hydrogen-bond acceptors (Lipinski definition) is 3. The number of alkyl halides is 1. The molecule has 0 atom stereocenters. The molecule has 0 aliphatic carbocycles. The van der Waals surface area contributed by atoms with Crippen LogP contribution in [0.5, 0.6) is 0 Å². The molecule has 1 aromatic rings. The van der Waals surface area contributed by atoms with Gasteiger partial charge in [0.15, 0.2) is 5.78 Å². The number of nitro benzene ring substituents is 1. The van der Waals surface area contributed by atoms with Gasteiger partial charge in [-0.05, 0) is 23.8 Å². The monoisotopic (exact) mass is 251 g/mol. The van der Waals surface area contributed by atoms with Crippen molar-refractivity contribution >= 4 is 29.1 Å². The second-order valence-corrected chi connectivity index (χ2v) is 3.43. The van der Waals surface area contributed by atoms with Gasteiger partial charge in [-0.3, -0.25) is 14.9 Å². The Hall–Kier alpha value is -1.94. The molecule has 1 rings (SSSR count). The number of allylic oxidation sites excluding steroid dienone is 3. The molecule has 0 N–H and O–H groups in total. The fourth-order valence-corrected chi connectivity index (χ4v) is 1.17. The lowest BCUT2D eigenvalue weighted by molar-refractivity contribution is -0.384. The molecule has 0 bridgehead atoms. The highest BCUT2D eigenvalue weighted by Gasteiger charge is 2.01. The first-order valence-electron chi connectivity index (χ1n) is 4.81. The largest absolute Gasteiger partial charge is 0.294 e. The highest BCUT2D eigenvalue weighted by molar-refractivity contribution is 6.29. The number of carbonyl (C=O) groups is 1. The molecule has 5 heteroatoms. The van der Waals surface area contributed by atoms with Crippen LogP contribution < -0.4 is 0 Å². The van der Waals surface area contributed by atoms with Crippen LogP contribution >= 0.6 is 11.6 Å². The Morgan fingerprint density at radius 2 is 1.94 bits per heavy atom. The fraction of sp³-hybridized carbons (Fsp3) is 0.0833. The van der Waals surface area contributed by atoms with Gasteiger partial charge in [-0.15, -0.1) is 11.6 Å². The number of nitro groups is 1. The van der Waals surface area contributed by atoms with E-state index in [-0.39, 0.29) is 17.4 Å². The minimum absolute atomic E-state index is 0.0398. The van der Waals surface area contributed by atoms with Crippen molar-refractivity contribution in [3.8, 4) is 0 Å². The molecular formula is C12H10ClNO3. The molecule has 0 aliphatic rings. The number of carbonyl (C=O) groups excluding carboxylic acids is 1. The van der Waals surface area contributed by atoms with Crippen molar-refractivity contribution in [3.05, 3.63) is 58.2 Å². The lowest BCUT2D eigenvalue weighted by Crippen LogP contribution is -1.90. The smallest absolute Gasteiger partial charge is 0.269 e. The van der Waals surface area contributed by atoms with Crippen LogP contribution in [0.1, 0.15) is 5.56 Å². The summed E-state index contributed by atoms with van der Waals surface area (Å²) >= 11 is 5.31. The van der Waals surface area contributed by atoms with E-state index in [1.807, 2.05) is 0 Å². The Balaban J connectivity index is 2.63. The zero-order chi connectivity index (χ0) is 12.7. The normalized spacial score (nSPS) is 11.1. The van der Waals surface area contributed by atoms with Crippen molar-refractivity contribution in [2.24, 2.45) is 0 Å². The maximum Gasteiger partial charge on any atom is 0.269 e. The molecule has 0 heterocycles. The lowest BCUT2D eigenvalue weighted by atomic mass is 10.2. The first-order valence-corrected chi connectivity index (χ1v) is 5.35. The third-order valence-electron chi connectivity index (χ3n) is 1.92. The van der Waals surface area contributed by atoms with E-state index >= 15 is 0 Å². The van der Waals surface area contributed by atoms with Gasteiger partial charge in [0.25, 0.3) is 5.69 Å². The van der Waals surface area contributed by atoms with Crippen LogP contribution in [0.4, 0.5) is 5.69 Å². The molecule has 0 aliphatic heterocycles. The lowest BCUT2D eigenvalue weighted by Gasteiger charge is -1.92. The molecule has 1 aromatic carbocycles. The molecule has 17 heavy (non-hydrogen) atoms. The summed E-state index contributed by atoms with van der Waals surface area (Å²) in [7, 11) is 0. The summed E-state index contributed by atoms with van der Waals surface area (Å²) in [5.74, 6) is -0.206. The van der Waals surface area contributed by atoms with Crippen LogP contribution in [-0.4, -0.2) is 16.6 Å². The Morgan fingerprint density at radius 3 is 2.47 bits per heavy atom. The third-order valence-corrected chi connectivity index (χ3v) is 2.18. The molecule has 0 unspecified atom stereocenters. The minimum Gasteiger partial charge on any atom is -0.294 e. The second kappa shape index (κ2) is 6.60. The Kier molecular flexibility index (Phi) is 5.10. The van der Waals surface area contributed by atoms with Gasteiger partial charge in [-0.25, -0.2) is 0 Å². The van der Waals surface area contributed by atoms with Crippen LogP contribution in [0, 0.1) is 10.1 Å². The number of hydrogen-bond donors (Lipinski definition) is 0. The van der Waals surface area contributed by atoms with Crippen LogP contribution in [0.15, 0.2) is 42.5 Å². The number of rotatable bonds is 5. The van der Waals surface area contributed by atoms with E-state index in [9.17, 15) is 14.9 Å². The zero-order valence-electron chi connectivity index (χ0n) is 8.88. The summed E-state index contributed by atoms with van der Waals surface area (Å²) in [6.07, 6.45) is 6.36. The summed E-state index contributed by atoms with van der Waals surface area (Å²) in [5, 5.41) is 10.4. The van der Waals surface area contributed by atoms with Crippen LogP contribution in [-0.2, 0) is 4.79 Å². The highest BCUT2D eigenvalue weighted by Crippen LogP contribution is 2.12. The summed E-state index contributed by atoms with van der Waals surface area (Å²) < 4.78 is 0. The molecule has 0 spiro atoms. The quantitative estimate of drug-likeness (QED) is 0.266. The molecule has 88 valence electrons. The summed E-state index contributed by atoms with van der Waals surface area (Å²) in [4.78, 5) is 20.8. The first-order chi connectivity index (χ1) is 8.13. The number of nitrogens with zero attached hydrogens (tertiary/aromatic N) is 1. The Morgan fingerprint density at radius 1 is 1.29 bits per heavy atom. The van der Waals surface area contributed by atoms with Crippen molar-refractivity contribution in [2.75, 3.05) is 5.88 Å². The van der Waals surface area contributed by atoms with Gasteiger partial charge in [-0.2, -0.15) is 0 Å². The van der Waals surface area contributed by atoms with E-state index < -0.39 is 4.92 Å². The van der Waals surface area contributed by atoms with E-state index in [1.165, 1.54) is 18.2 Å². The first kappa shape index (κ1) is 13.1. The van der Waals surface area contributed by atoms with Crippen LogP contribution in [0.3, 0.4) is 0 Å². The van der Waals surface area contributed by atoms with Gasteiger partial charge >= 0.3 is 0 Å². The molecule has 0 aromatic heterocycles. The summed E-state index contributed by atoms with van der Waals surface area (Å²) in [6, 6.07) is 6.11. The standard InChI is InChI=1S/C12H10ClNO3/c13-9-12(15)4-2-1-3-10-5-7-11(8-6-10)14(16)17/h1-8H,9H2/b3-1+,4-2+. The fourth-order valence-electron chi connectivity index (χ4n) is 1.08. The van der Waals surface area contributed by atoms with Crippen molar-refractivity contribution in [3.63, 3.8) is 0 Å². The van der Waals surface area contributed by atoms with E-state index in [0.29, 0.717) is 0 Å². The SMILES string of the molecule is O=C(/C=C/C=C/c1ccc([N+](=O)[O-])cc1)CCl. The molecule has 0 fully saturated rings. The minimum atomic E-state index is -0.452. The van der Waals surface area contributed by atoms with E-state index in [2.05, 4.69) is 0 Å². The molecular weight excluding hydrogens is 242 g/mol. The van der Waals surface area contributed by atoms with E-state index in [0.717, 1.165) is 5.56 Å². The number of halogens is 1. The van der Waals surface area contributed by atoms with Crippen molar-refractivity contribution in [1.29, 1.82) is 0 Å². The van der Waals surface area contributed by atoms with E-state index in [4.69, 9.17) is 11.6 Å². The van der Waals surface area contributed by atoms with Gasteiger partial charge in [-0.1, -0.05) is 18.2 Å². The molecule has 0 saturated carbocycles. The predicted molar refractivity (Wildman–Crippen MR) is 67.0 cm³/mol. The van der Waals surface area contributed by atoms with Crippen molar-refractivity contribution in [2.45, 2.75) is 0 Å². The Labute approximate surface area is 103 Å².